The predicted molar refractivity (Wildman–Crippen MR) is 152 cm³/mol. The van der Waals surface area contributed by atoms with Crippen LogP contribution in [-0.4, -0.2) is 43.3 Å². The molecule has 208 valence electrons. The number of amides is 2. The van der Waals surface area contributed by atoms with Crippen molar-refractivity contribution >= 4 is 50.7 Å². The van der Waals surface area contributed by atoms with Crippen molar-refractivity contribution in [3.63, 3.8) is 0 Å². The lowest BCUT2D eigenvalue weighted by Crippen LogP contribution is -2.54. The van der Waals surface area contributed by atoms with Crippen LogP contribution in [-0.2, 0) is 26.2 Å². The summed E-state index contributed by atoms with van der Waals surface area (Å²) in [6, 6.07) is 16.3. The monoisotopic (exact) mass is 593 g/mol. The maximum Gasteiger partial charge on any atom is 0.264 e. The van der Waals surface area contributed by atoms with E-state index in [0.29, 0.717) is 10.6 Å². The summed E-state index contributed by atoms with van der Waals surface area (Å²) in [5.41, 5.74) is 0.267. The van der Waals surface area contributed by atoms with E-state index in [0.717, 1.165) is 28.6 Å². The Kier molecular flexibility index (Phi) is 9.64. The van der Waals surface area contributed by atoms with Crippen molar-refractivity contribution in [1.29, 1.82) is 0 Å². The van der Waals surface area contributed by atoms with Gasteiger partial charge in [-0.1, -0.05) is 47.5 Å². The van der Waals surface area contributed by atoms with Crippen LogP contribution in [0.25, 0.3) is 0 Å². The van der Waals surface area contributed by atoms with E-state index >= 15 is 0 Å². The van der Waals surface area contributed by atoms with Crippen LogP contribution in [0.1, 0.15) is 33.3 Å². The van der Waals surface area contributed by atoms with Crippen molar-refractivity contribution in [3.8, 4) is 0 Å². The van der Waals surface area contributed by atoms with Crippen molar-refractivity contribution in [2.75, 3.05) is 10.8 Å². The van der Waals surface area contributed by atoms with Crippen LogP contribution in [0.3, 0.4) is 0 Å². The number of halogens is 3. The molecule has 0 saturated carbocycles. The Morgan fingerprint density at radius 1 is 0.949 bits per heavy atom. The largest absolute Gasteiger partial charge is 0.350 e. The Labute approximate surface area is 238 Å². The van der Waals surface area contributed by atoms with Gasteiger partial charge in [-0.05, 0) is 81.8 Å². The average Bonchev–Trinajstić information content (AvgIpc) is 2.87. The lowest BCUT2D eigenvalue weighted by atomic mass is 10.1. The molecule has 0 aliphatic heterocycles. The van der Waals surface area contributed by atoms with E-state index < -0.39 is 45.8 Å². The van der Waals surface area contributed by atoms with Gasteiger partial charge in [-0.2, -0.15) is 0 Å². The number of sulfonamides is 1. The molecule has 0 bridgehead atoms. The fourth-order valence-corrected chi connectivity index (χ4v) is 5.48. The quantitative estimate of drug-likeness (QED) is 0.347. The first-order chi connectivity index (χ1) is 18.2. The van der Waals surface area contributed by atoms with E-state index in [2.05, 4.69) is 5.32 Å². The summed E-state index contributed by atoms with van der Waals surface area (Å²) in [5, 5.41) is 3.47. The van der Waals surface area contributed by atoms with E-state index in [1.165, 1.54) is 4.90 Å². The Hall–Kier alpha value is -3.14. The van der Waals surface area contributed by atoms with Crippen molar-refractivity contribution in [2.45, 2.75) is 50.7 Å². The highest BCUT2D eigenvalue weighted by Gasteiger charge is 2.33. The van der Waals surface area contributed by atoms with Crippen LogP contribution in [0, 0.1) is 5.82 Å². The Balaban J connectivity index is 2.02. The van der Waals surface area contributed by atoms with E-state index in [4.69, 9.17) is 23.2 Å². The lowest BCUT2D eigenvalue weighted by Gasteiger charge is -2.33. The summed E-state index contributed by atoms with van der Waals surface area (Å²) in [6.07, 6.45) is 0. The number of benzene rings is 3. The number of hydrogen-bond donors (Lipinski definition) is 1. The highest BCUT2D eigenvalue weighted by Crippen LogP contribution is 2.26. The van der Waals surface area contributed by atoms with Crippen LogP contribution < -0.4 is 9.62 Å². The Bertz CT molecular complexity index is 1430. The molecule has 3 rings (SSSR count). The minimum absolute atomic E-state index is 0.0341. The average molecular weight is 595 g/mol. The van der Waals surface area contributed by atoms with Crippen LogP contribution >= 0.6 is 23.2 Å². The second-order valence-corrected chi connectivity index (χ2v) is 12.7. The summed E-state index contributed by atoms with van der Waals surface area (Å²) in [4.78, 5) is 28.1. The normalized spacial score (nSPS) is 12.5. The zero-order valence-corrected chi connectivity index (χ0v) is 24.3. The van der Waals surface area contributed by atoms with E-state index in [1.807, 2.05) is 20.8 Å². The van der Waals surface area contributed by atoms with Crippen molar-refractivity contribution in [1.82, 2.24) is 10.2 Å². The highest BCUT2D eigenvalue weighted by atomic mass is 35.5. The van der Waals surface area contributed by atoms with Crippen molar-refractivity contribution < 1.29 is 22.4 Å². The molecule has 11 heteroatoms. The zero-order chi connectivity index (χ0) is 29.0. The molecule has 1 unspecified atom stereocenters. The summed E-state index contributed by atoms with van der Waals surface area (Å²) in [6.45, 7) is 6.36. The summed E-state index contributed by atoms with van der Waals surface area (Å²) in [5.74, 6) is -1.64. The predicted octanol–water partition coefficient (Wildman–Crippen LogP) is 5.66. The molecule has 2 amide bonds. The van der Waals surface area contributed by atoms with E-state index in [9.17, 15) is 22.4 Å². The first kappa shape index (κ1) is 30.4. The molecule has 0 aromatic heterocycles. The van der Waals surface area contributed by atoms with Crippen LogP contribution in [0.15, 0.2) is 77.7 Å². The molecule has 0 saturated heterocycles. The number of hydrogen-bond acceptors (Lipinski definition) is 4. The third-order valence-corrected chi connectivity index (χ3v) is 8.25. The van der Waals surface area contributed by atoms with Gasteiger partial charge < -0.3 is 10.2 Å². The molecule has 7 nitrogen and oxygen atoms in total. The van der Waals surface area contributed by atoms with Gasteiger partial charge in [-0.15, -0.1) is 0 Å². The fraction of sp³-hybridized carbons (Fsp3) is 0.286. The maximum atomic E-state index is 13.8. The SMILES string of the molecule is CC(C(=O)NC(C)(C)C)N(Cc1ccc(Cl)c(Cl)c1)C(=O)CN(c1ccccc1)S(=O)(=O)c1ccc(F)cc1. The van der Waals surface area contributed by atoms with E-state index in [1.54, 1.807) is 55.5 Å². The highest BCUT2D eigenvalue weighted by molar-refractivity contribution is 7.92. The summed E-state index contributed by atoms with van der Waals surface area (Å²) in [7, 11) is -4.28. The van der Waals surface area contributed by atoms with Gasteiger partial charge in [0.2, 0.25) is 11.8 Å². The molecule has 39 heavy (non-hydrogen) atoms. The zero-order valence-electron chi connectivity index (χ0n) is 22.0. The second-order valence-electron chi connectivity index (χ2n) is 9.99. The first-order valence-corrected chi connectivity index (χ1v) is 14.3. The molecule has 0 fully saturated rings. The van der Waals surface area contributed by atoms with Gasteiger partial charge in [0.1, 0.15) is 18.4 Å². The van der Waals surface area contributed by atoms with Crippen LogP contribution in [0.4, 0.5) is 10.1 Å². The van der Waals surface area contributed by atoms with Crippen LogP contribution in [0.2, 0.25) is 10.0 Å². The minimum Gasteiger partial charge on any atom is -0.350 e. The van der Waals surface area contributed by atoms with Gasteiger partial charge in [0, 0.05) is 12.1 Å². The minimum atomic E-state index is -4.28. The topological polar surface area (TPSA) is 86.8 Å². The molecular formula is C28H30Cl2FN3O4S. The number of nitrogens with one attached hydrogen (secondary N) is 1. The van der Waals surface area contributed by atoms with Crippen molar-refractivity contribution in [2.24, 2.45) is 0 Å². The third-order valence-electron chi connectivity index (χ3n) is 5.73. The molecule has 0 aliphatic rings. The first-order valence-electron chi connectivity index (χ1n) is 12.1. The number of nitrogens with zero attached hydrogens (tertiary/aromatic N) is 2. The summed E-state index contributed by atoms with van der Waals surface area (Å²) < 4.78 is 41.8. The number of rotatable bonds is 9. The van der Waals surface area contributed by atoms with E-state index in [-0.39, 0.29) is 22.2 Å². The Morgan fingerprint density at radius 3 is 2.13 bits per heavy atom. The summed E-state index contributed by atoms with van der Waals surface area (Å²) >= 11 is 12.2. The molecule has 3 aromatic carbocycles. The fourth-order valence-electron chi connectivity index (χ4n) is 3.75. The van der Waals surface area contributed by atoms with Gasteiger partial charge >= 0.3 is 0 Å². The number of anilines is 1. The maximum absolute atomic E-state index is 13.8. The van der Waals surface area contributed by atoms with Gasteiger partial charge in [0.05, 0.1) is 20.6 Å². The van der Waals surface area contributed by atoms with Gasteiger partial charge in [-0.25, -0.2) is 12.8 Å². The number of para-hydroxylation sites is 1. The standard InChI is InChI=1S/C28H30Cl2FN3O4S/c1-19(27(36)32-28(2,3)4)33(17-20-10-15-24(29)25(30)16-20)26(35)18-34(22-8-6-5-7-9-22)39(37,38)23-13-11-21(31)12-14-23/h5-16,19H,17-18H2,1-4H3,(H,32,36). The van der Waals surface area contributed by atoms with Crippen molar-refractivity contribution in [3.05, 3.63) is 94.2 Å². The molecule has 0 aliphatic carbocycles. The smallest absolute Gasteiger partial charge is 0.264 e. The molecule has 1 N–H and O–H groups in total. The Morgan fingerprint density at radius 2 is 1.56 bits per heavy atom. The number of carbonyl (C=O) groups excluding carboxylic acids is 2. The third kappa shape index (κ3) is 7.94. The molecular weight excluding hydrogens is 564 g/mol. The van der Waals surface area contributed by atoms with Gasteiger partial charge in [-0.3, -0.25) is 13.9 Å². The molecule has 3 aromatic rings. The molecule has 0 heterocycles. The van der Waals surface area contributed by atoms with Gasteiger partial charge in [0.25, 0.3) is 10.0 Å². The molecule has 0 spiro atoms. The lowest BCUT2D eigenvalue weighted by molar-refractivity contribution is -0.140. The second kappa shape index (κ2) is 12.4. The molecule has 1 atom stereocenters. The van der Waals surface area contributed by atoms with Crippen LogP contribution in [0.5, 0.6) is 0 Å². The van der Waals surface area contributed by atoms with Gasteiger partial charge in [0.15, 0.2) is 0 Å². The number of carbonyl (C=O) groups is 2. The molecule has 0 radical (unpaired) electrons.